The van der Waals surface area contributed by atoms with Crippen LogP contribution in [0.2, 0.25) is 0 Å². The second kappa shape index (κ2) is 10.1. The molecule has 9 nitrogen and oxygen atoms in total. The summed E-state index contributed by atoms with van der Waals surface area (Å²) in [6, 6.07) is 5.71. The minimum atomic E-state index is -0.372. The predicted octanol–water partition coefficient (Wildman–Crippen LogP) is 1.35. The summed E-state index contributed by atoms with van der Waals surface area (Å²) in [7, 11) is 1.92. The van der Waals surface area contributed by atoms with E-state index in [4.69, 9.17) is 9.26 Å². The van der Waals surface area contributed by atoms with Crippen molar-refractivity contribution in [3.63, 3.8) is 0 Å². The minimum Gasteiger partial charge on any atom is -0.493 e. The number of likely N-dealkylation sites (N-methyl/N-ethyl adjacent to an activating group) is 1. The molecule has 32 heavy (non-hydrogen) atoms. The number of benzene rings is 1. The fraction of sp³-hybridized carbons (Fsp3) is 0.565. The van der Waals surface area contributed by atoms with E-state index >= 15 is 0 Å². The van der Waals surface area contributed by atoms with Gasteiger partial charge in [0.15, 0.2) is 5.82 Å². The van der Waals surface area contributed by atoms with E-state index in [1.807, 2.05) is 31.0 Å². The van der Waals surface area contributed by atoms with Crippen LogP contribution < -0.4 is 10.1 Å². The van der Waals surface area contributed by atoms with E-state index in [9.17, 15) is 9.59 Å². The van der Waals surface area contributed by atoms with Crippen LogP contribution in [0.4, 0.5) is 0 Å². The maximum atomic E-state index is 12.9. The Kier molecular flexibility index (Phi) is 7.04. The van der Waals surface area contributed by atoms with Gasteiger partial charge in [0.25, 0.3) is 0 Å². The standard InChI is InChI=1S/C23H31N5O4/c1-3-20-25-21(32-26-20)8-9-22(29)28-11-10-27(2)18(15-28)23(30)24-14-16-6-7-19-17(13-16)5-4-12-31-19/h6-7,13,18H,3-5,8-12,14-15H2,1-2H3,(H,24,30)/t18-/m1/s1. The molecular weight excluding hydrogens is 410 g/mol. The molecule has 2 aliphatic heterocycles. The van der Waals surface area contributed by atoms with Crippen molar-refractivity contribution in [2.24, 2.45) is 0 Å². The van der Waals surface area contributed by atoms with E-state index in [0.717, 1.165) is 30.8 Å². The van der Waals surface area contributed by atoms with Gasteiger partial charge in [0.2, 0.25) is 17.7 Å². The number of nitrogens with zero attached hydrogens (tertiary/aromatic N) is 4. The van der Waals surface area contributed by atoms with Crippen LogP contribution in [0.25, 0.3) is 0 Å². The molecule has 1 aromatic heterocycles. The Labute approximate surface area is 188 Å². The van der Waals surface area contributed by atoms with Crippen LogP contribution in [0.15, 0.2) is 22.7 Å². The van der Waals surface area contributed by atoms with E-state index < -0.39 is 0 Å². The van der Waals surface area contributed by atoms with Crippen molar-refractivity contribution in [1.29, 1.82) is 0 Å². The van der Waals surface area contributed by atoms with E-state index in [-0.39, 0.29) is 17.9 Å². The Balaban J connectivity index is 1.29. The average Bonchev–Trinajstić information content (AvgIpc) is 3.29. The molecule has 0 spiro atoms. The van der Waals surface area contributed by atoms with Gasteiger partial charge in [-0.2, -0.15) is 4.98 Å². The highest BCUT2D eigenvalue weighted by Crippen LogP contribution is 2.25. The second-order valence-corrected chi connectivity index (χ2v) is 8.41. The normalized spacial score (nSPS) is 18.7. The van der Waals surface area contributed by atoms with Gasteiger partial charge in [0.1, 0.15) is 11.8 Å². The molecule has 2 amide bonds. The number of hydrogen-bond donors (Lipinski definition) is 1. The van der Waals surface area contributed by atoms with Crippen LogP contribution in [0, 0.1) is 0 Å². The Hall–Kier alpha value is -2.94. The lowest BCUT2D eigenvalue weighted by Gasteiger charge is -2.38. The quantitative estimate of drug-likeness (QED) is 0.692. The Morgan fingerprint density at radius 3 is 2.97 bits per heavy atom. The van der Waals surface area contributed by atoms with Crippen molar-refractivity contribution in [2.75, 3.05) is 33.3 Å². The number of piperazine rings is 1. The molecular formula is C23H31N5O4. The summed E-state index contributed by atoms with van der Waals surface area (Å²) in [6.07, 6.45) is 3.43. The van der Waals surface area contributed by atoms with Gasteiger partial charge in [0.05, 0.1) is 6.61 Å². The SMILES string of the molecule is CCc1noc(CCC(=O)N2CCN(C)[C@@H](C(=O)NCc3ccc4c(c3)CCCO4)C2)n1. The first-order chi connectivity index (χ1) is 15.5. The summed E-state index contributed by atoms with van der Waals surface area (Å²) in [4.78, 5) is 33.6. The van der Waals surface area contributed by atoms with Crippen LogP contribution >= 0.6 is 0 Å². The van der Waals surface area contributed by atoms with Gasteiger partial charge in [-0.05, 0) is 37.1 Å². The van der Waals surface area contributed by atoms with Crippen LogP contribution in [-0.2, 0) is 35.4 Å². The first-order valence-corrected chi connectivity index (χ1v) is 11.3. The second-order valence-electron chi connectivity index (χ2n) is 8.41. The van der Waals surface area contributed by atoms with Crippen molar-refractivity contribution in [3.8, 4) is 5.75 Å². The summed E-state index contributed by atoms with van der Waals surface area (Å²) in [5.41, 5.74) is 2.25. The summed E-state index contributed by atoms with van der Waals surface area (Å²) in [6.45, 7) is 4.81. The highest BCUT2D eigenvalue weighted by Gasteiger charge is 2.32. The third-order valence-electron chi connectivity index (χ3n) is 6.12. The van der Waals surface area contributed by atoms with E-state index in [2.05, 4.69) is 21.5 Å². The zero-order chi connectivity index (χ0) is 22.5. The van der Waals surface area contributed by atoms with Crippen LogP contribution in [0.1, 0.15) is 42.6 Å². The highest BCUT2D eigenvalue weighted by atomic mass is 16.5. The number of carbonyl (C=O) groups excluding carboxylic acids is 2. The number of carbonyl (C=O) groups is 2. The van der Waals surface area contributed by atoms with Gasteiger partial charge >= 0.3 is 0 Å². The molecule has 1 atom stereocenters. The number of nitrogens with one attached hydrogen (secondary N) is 1. The van der Waals surface area contributed by atoms with Crippen molar-refractivity contribution in [2.45, 2.75) is 51.6 Å². The lowest BCUT2D eigenvalue weighted by atomic mass is 10.0. The predicted molar refractivity (Wildman–Crippen MR) is 117 cm³/mol. The topological polar surface area (TPSA) is 101 Å². The molecule has 2 aliphatic rings. The van der Waals surface area contributed by atoms with E-state index in [0.29, 0.717) is 57.2 Å². The van der Waals surface area contributed by atoms with E-state index in [1.54, 1.807) is 4.90 Å². The molecule has 0 radical (unpaired) electrons. The summed E-state index contributed by atoms with van der Waals surface area (Å²) >= 11 is 0. The molecule has 1 N–H and O–H groups in total. The lowest BCUT2D eigenvalue weighted by Crippen LogP contribution is -2.58. The molecule has 1 saturated heterocycles. The molecule has 9 heteroatoms. The molecule has 1 fully saturated rings. The van der Waals surface area contributed by atoms with Crippen molar-refractivity contribution in [3.05, 3.63) is 41.0 Å². The van der Waals surface area contributed by atoms with Gasteiger partial charge in [-0.15, -0.1) is 0 Å². The average molecular weight is 442 g/mol. The molecule has 3 heterocycles. The maximum absolute atomic E-state index is 12.9. The van der Waals surface area contributed by atoms with Crippen LogP contribution in [-0.4, -0.2) is 71.1 Å². The first-order valence-electron chi connectivity index (χ1n) is 11.3. The first kappa shape index (κ1) is 22.3. The fourth-order valence-electron chi connectivity index (χ4n) is 4.12. The smallest absolute Gasteiger partial charge is 0.239 e. The zero-order valence-electron chi connectivity index (χ0n) is 18.8. The lowest BCUT2D eigenvalue weighted by molar-refractivity contribution is -0.137. The number of ether oxygens (including phenoxy) is 1. The van der Waals surface area contributed by atoms with Gasteiger partial charge in [-0.25, -0.2) is 0 Å². The Morgan fingerprint density at radius 1 is 1.28 bits per heavy atom. The molecule has 0 saturated carbocycles. The number of aryl methyl sites for hydroxylation is 3. The minimum absolute atomic E-state index is 0.00170. The summed E-state index contributed by atoms with van der Waals surface area (Å²) < 4.78 is 10.8. The molecule has 172 valence electrons. The fourth-order valence-corrected chi connectivity index (χ4v) is 4.12. The highest BCUT2D eigenvalue weighted by molar-refractivity contribution is 5.84. The van der Waals surface area contributed by atoms with Gasteiger partial charge in [-0.1, -0.05) is 24.2 Å². The number of fused-ring (bicyclic) bond motifs is 1. The zero-order valence-corrected chi connectivity index (χ0v) is 18.8. The molecule has 4 rings (SSSR count). The Morgan fingerprint density at radius 2 is 2.16 bits per heavy atom. The molecule has 0 unspecified atom stereocenters. The number of amides is 2. The van der Waals surface area contributed by atoms with E-state index in [1.165, 1.54) is 5.56 Å². The maximum Gasteiger partial charge on any atom is 0.239 e. The molecule has 0 aliphatic carbocycles. The summed E-state index contributed by atoms with van der Waals surface area (Å²) in [5.74, 6) is 2.01. The largest absolute Gasteiger partial charge is 0.493 e. The molecule has 1 aromatic carbocycles. The van der Waals surface area contributed by atoms with Crippen molar-refractivity contribution < 1.29 is 18.8 Å². The van der Waals surface area contributed by atoms with Crippen LogP contribution in [0.3, 0.4) is 0 Å². The van der Waals surface area contributed by atoms with Crippen molar-refractivity contribution >= 4 is 11.8 Å². The Bertz CT molecular complexity index is 960. The third-order valence-corrected chi connectivity index (χ3v) is 6.12. The van der Waals surface area contributed by atoms with Gasteiger partial charge in [-0.3, -0.25) is 14.5 Å². The summed E-state index contributed by atoms with van der Waals surface area (Å²) in [5, 5.41) is 6.90. The number of hydrogen-bond acceptors (Lipinski definition) is 7. The number of aromatic nitrogens is 2. The van der Waals surface area contributed by atoms with Crippen LogP contribution in [0.5, 0.6) is 5.75 Å². The monoisotopic (exact) mass is 441 g/mol. The molecule has 0 bridgehead atoms. The molecule has 2 aromatic rings. The van der Waals surface area contributed by atoms with Gasteiger partial charge < -0.3 is 19.5 Å². The van der Waals surface area contributed by atoms with Crippen molar-refractivity contribution in [1.82, 2.24) is 25.3 Å². The third kappa shape index (κ3) is 5.27. The van der Waals surface area contributed by atoms with Gasteiger partial charge in [0, 0.05) is 45.4 Å². The number of rotatable bonds is 7.